The highest BCUT2D eigenvalue weighted by Gasteiger charge is 2.11. The van der Waals surface area contributed by atoms with E-state index in [0.717, 1.165) is 28.8 Å². The predicted octanol–water partition coefficient (Wildman–Crippen LogP) is 4.48. The molecule has 0 radical (unpaired) electrons. The third-order valence-corrected chi connectivity index (χ3v) is 4.92. The Hall–Kier alpha value is -3.67. The Morgan fingerprint density at radius 1 is 1.07 bits per heavy atom. The summed E-state index contributed by atoms with van der Waals surface area (Å²) in [5.41, 5.74) is 5.60. The Morgan fingerprint density at radius 2 is 1.93 bits per heavy atom. The van der Waals surface area contributed by atoms with Crippen molar-refractivity contribution in [3.05, 3.63) is 83.4 Å². The molecule has 0 atom stereocenters. The number of carbonyl (C=O) groups is 1. The number of rotatable bonds is 6. The Balaban J connectivity index is 1.40. The zero-order valence-electron chi connectivity index (χ0n) is 16.5. The van der Waals surface area contributed by atoms with Crippen LogP contribution in [-0.4, -0.2) is 27.4 Å². The summed E-state index contributed by atoms with van der Waals surface area (Å²) < 4.78 is 0. The van der Waals surface area contributed by atoms with E-state index in [4.69, 9.17) is 0 Å². The number of H-pyrrole nitrogens is 1. The number of aryl methyl sites for hydroxylation is 2. The molecule has 146 valence electrons. The van der Waals surface area contributed by atoms with Crippen LogP contribution >= 0.6 is 0 Å². The van der Waals surface area contributed by atoms with Crippen molar-refractivity contribution in [2.45, 2.75) is 20.3 Å². The maximum Gasteiger partial charge on any atom is 0.274 e. The molecular weight excluding hydrogens is 362 g/mol. The van der Waals surface area contributed by atoms with Crippen LogP contribution < -0.4 is 10.6 Å². The fourth-order valence-corrected chi connectivity index (χ4v) is 3.30. The molecule has 2 heterocycles. The number of hydrogen-bond acceptors (Lipinski definition) is 4. The SMILES string of the molecule is Cc1ccc(C)c(NC(=O)c2cc(NCCc3c[nH]c4ccccc34)ncn2)c1. The number of para-hydroxylation sites is 1. The van der Waals surface area contributed by atoms with Crippen LogP contribution in [0, 0.1) is 13.8 Å². The molecule has 0 saturated carbocycles. The first-order valence-electron chi connectivity index (χ1n) is 9.59. The maximum atomic E-state index is 12.6. The van der Waals surface area contributed by atoms with Gasteiger partial charge < -0.3 is 15.6 Å². The van der Waals surface area contributed by atoms with Crippen LogP contribution in [-0.2, 0) is 6.42 Å². The third kappa shape index (κ3) is 4.27. The zero-order chi connectivity index (χ0) is 20.2. The van der Waals surface area contributed by atoms with E-state index in [1.165, 1.54) is 17.3 Å². The lowest BCUT2D eigenvalue weighted by atomic mass is 10.1. The van der Waals surface area contributed by atoms with E-state index in [2.05, 4.69) is 37.7 Å². The predicted molar refractivity (Wildman–Crippen MR) is 116 cm³/mol. The van der Waals surface area contributed by atoms with Crippen LogP contribution in [0.5, 0.6) is 0 Å². The van der Waals surface area contributed by atoms with Crippen LogP contribution in [0.1, 0.15) is 27.2 Å². The van der Waals surface area contributed by atoms with Crippen molar-refractivity contribution in [3.63, 3.8) is 0 Å². The van der Waals surface area contributed by atoms with E-state index in [9.17, 15) is 4.79 Å². The molecule has 0 fully saturated rings. The lowest BCUT2D eigenvalue weighted by molar-refractivity contribution is 0.102. The van der Waals surface area contributed by atoms with Gasteiger partial charge >= 0.3 is 0 Å². The molecule has 0 spiro atoms. The molecule has 0 saturated heterocycles. The number of amides is 1. The molecule has 4 rings (SSSR count). The van der Waals surface area contributed by atoms with Gasteiger partial charge in [-0.25, -0.2) is 9.97 Å². The van der Waals surface area contributed by atoms with Gasteiger partial charge in [-0.1, -0.05) is 30.3 Å². The average molecular weight is 385 g/mol. The number of nitrogens with zero attached hydrogens (tertiary/aromatic N) is 2. The molecule has 29 heavy (non-hydrogen) atoms. The Kier molecular flexibility index (Phi) is 5.24. The largest absolute Gasteiger partial charge is 0.370 e. The maximum absolute atomic E-state index is 12.6. The second-order valence-corrected chi connectivity index (χ2v) is 7.10. The van der Waals surface area contributed by atoms with Crippen LogP contribution in [0.15, 0.2) is 61.1 Å². The second kappa shape index (κ2) is 8.14. The summed E-state index contributed by atoms with van der Waals surface area (Å²) in [7, 11) is 0. The molecule has 3 N–H and O–H groups in total. The van der Waals surface area contributed by atoms with Gasteiger partial charge in [0.1, 0.15) is 17.8 Å². The molecule has 6 heteroatoms. The van der Waals surface area contributed by atoms with Crippen molar-refractivity contribution in [1.29, 1.82) is 0 Å². The van der Waals surface area contributed by atoms with Gasteiger partial charge in [0.15, 0.2) is 0 Å². The summed E-state index contributed by atoms with van der Waals surface area (Å²) in [6, 6.07) is 15.9. The van der Waals surface area contributed by atoms with Crippen molar-refractivity contribution >= 4 is 28.3 Å². The fourth-order valence-electron chi connectivity index (χ4n) is 3.30. The molecular formula is C23H23N5O. The first-order chi connectivity index (χ1) is 14.1. The molecule has 0 unspecified atom stereocenters. The highest BCUT2D eigenvalue weighted by molar-refractivity contribution is 6.03. The lowest BCUT2D eigenvalue weighted by Gasteiger charge is -2.10. The van der Waals surface area contributed by atoms with Gasteiger partial charge in [-0.15, -0.1) is 0 Å². The van der Waals surface area contributed by atoms with Crippen LogP contribution in [0.3, 0.4) is 0 Å². The van der Waals surface area contributed by atoms with Gasteiger partial charge in [-0.05, 0) is 49.1 Å². The van der Waals surface area contributed by atoms with Crippen molar-refractivity contribution in [2.24, 2.45) is 0 Å². The Labute approximate surface area is 169 Å². The van der Waals surface area contributed by atoms with Gasteiger partial charge in [0.05, 0.1) is 0 Å². The minimum Gasteiger partial charge on any atom is -0.370 e. The summed E-state index contributed by atoms with van der Waals surface area (Å²) in [4.78, 5) is 24.2. The average Bonchev–Trinajstić information content (AvgIpc) is 3.14. The van der Waals surface area contributed by atoms with Crippen LogP contribution in [0.2, 0.25) is 0 Å². The van der Waals surface area contributed by atoms with Crippen LogP contribution in [0.25, 0.3) is 10.9 Å². The summed E-state index contributed by atoms with van der Waals surface area (Å²) >= 11 is 0. The number of fused-ring (bicyclic) bond motifs is 1. The summed E-state index contributed by atoms with van der Waals surface area (Å²) in [6.45, 7) is 4.67. The topological polar surface area (TPSA) is 82.7 Å². The summed E-state index contributed by atoms with van der Waals surface area (Å²) in [6.07, 6.45) is 4.29. The Morgan fingerprint density at radius 3 is 2.83 bits per heavy atom. The molecule has 2 aromatic heterocycles. The van der Waals surface area contributed by atoms with Crippen molar-refractivity contribution in [3.8, 4) is 0 Å². The molecule has 0 aliphatic rings. The minimum atomic E-state index is -0.249. The fraction of sp³-hybridized carbons (Fsp3) is 0.174. The number of nitrogens with one attached hydrogen (secondary N) is 3. The van der Waals surface area contributed by atoms with Crippen molar-refractivity contribution < 1.29 is 4.79 Å². The van der Waals surface area contributed by atoms with E-state index in [0.29, 0.717) is 18.1 Å². The highest BCUT2D eigenvalue weighted by Crippen LogP contribution is 2.19. The first kappa shape index (κ1) is 18.7. The molecule has 0 aliphatic heterocycles. The minimum absolute atomic E-state index is 0.249. The number of benzene rings is 2. The van der Waals surface area contributed by atoms with E-state index in [-0.39, 0.29) is 5.91 Å². The summed E-state index contributed by atoms with van der Waals surface area (Å²) in [5, 5.41) is 7.44. The van der Waals surface area contributed by atoms with Crippen molar-refractivity contribution in [2.75, 3.05) is 17.2 Å². The normalized spacial score (nSPS) is 10.8. The van der Waals surface area contributed by atoms with E-state index >= 15 is 0 Å². The monoisotopic (exact) mass is 385 g/mol. The van der Waals surface area contributed by atoms with Gasteiger partial charge in [0.25, 0.3) is 5.91 Å². The van der Waals surface area contributed by atoms with Gasteiger partial charge in [0, 0.05) is 35.4 Å². The molecule has 2 aromatic carbocycles. The Bertz CT molecular complexity index is 1160. The molecule has 4 aromatic rings. The zero-order valence-corrected chi connectivity index (χ0v) is 16.5. The number of aromatic nitrogens is 3. The van der Waals surface area contributed by atoms with E-state index in [1.54, 1.807) is 6.07 Å². The quantitative estimate of drug-likeness (QED) is 0.457. The highest BCUT2D eigenvalue weighted by atomic mass is 16.1. The number of carbonyl (C=O) groups excluding carboxylic acids is 1. The second-order valence-electron chi connectivity index (χ2n) is 7.10. The molecule has 0 bridgehead atoms. The molecule has 1 amide bonds. The van der Waals surface area contributed by atoms with Gasteiger partial charge in [0.2, 0.25) is 0 Å². The molecule has 6 nitrogen and oxygen atoms in total. The van der Waals surface area contributed by atoms with Crippen LogP contribution in [0.4, 0.5) is 11.5 Å². The molecule has 0 aliphatic carbocycles. The van der Waals surface area contributed by atoms with E-state index in [1.807, 2.05) is 50.4 Å². The summed E-state index contributed by atoms with van der Waals surface area (Å²) in [5.74, 6) is 0.381. The first-order valence-corrected chi connectivity index (χ1v) is 9.59. The van der Waals surface area contributed by atoms with Crippen molar-refractivity contribution in [1.82, 2.24) is 15.0 Å². The number of hydrogen-bond donors (Lipinski definition) is 3. The third-order valence-electron chi connectivity index (χ3n) is 4.92. The lowest BCUT2D eigenvalue weighted by Crippen LogP contribution is -2.16. The number of aromatic amines is 1. The van der Waals surface area contributed by atoms with E-state index < -0.39 is 0 Å². The smallest absolute Gasteiger partial charge is 0.274 e. The number of anilines is 2. The van der Waals surface area contributed by atoms with Gasteiger partial charge in [-0.2, -0.15) is 0 Å². The van der Waals surface area contributed by atoms with Gasteiger partial charge in [-0.3, -0.25) is 4.79 Å². The standard InChI is InChI=1S/C23H23N5O/c1-15-7-8-16(2)20(11-15)28-23(29)21-12-22(27-14-26-21)24-10-9-17-13-25-19-6-4-3-5-18(17)19/h3-8,11-14,25H,9-10H2,1-2H3,(H,28,29)(H,24,26,27).